The molecule has 0 fully saturated rings. The first-order valence-electron chi connectivity index (χ1n) is 6.79. The minimum atomic E-state index is -0.750. The van der Waals surface area contributed by atoms with Crippen LogP contribution >= 0.6 is 11.6 Å². The van der Waals surface area contributed by atoms with Gasteiger partial charge in [0.25, 0.3) is 5.69 Å². The molecule has 0 atom stereocenters. The fraction of sp³-hybridized carbons (Fsp3) is 0.125. The van der Waals surface area contributed by atoms with Crippen LogP contribution in [0.1, 0.15) is 12.7 Å². The van der Waals surface area contributed by atoms with Crippen molar-refractivity contribution in [1.82, 2.24) is 0 Å². The van der Waals surface area contributed by atoms with E-state index < -0.39 is 10.9 Å². The van der Waals surface area contributed by atoms with Gasteiger partial charge in [-0.05, 0) is 31.2 Å². The van der Waals surface area contributed by atoms with E-state index in [-0.39, 0.29) is 28.7 Å². The van der Waals surface area contributed by atoms with E-state index in [1.807, 2.05) is 0 Å². The summed E-state index contributed by atoms with van der Waals surface area (Å²) in [7, 11) is 0. The van der Waals surface area contributed by atoms with Gasteiger partial charge in [0.2, 0.25) is 0 Å². The van der Waals surface area contributed by atoms with E-state index in [1.54, 1.807) is 25.1 Å². The number of halogens is 1. The zero-order chi connectivity index (χ0) is 17.7. The molecule has 0 bridgehead atoms. The normalized spacial score (nSPS) is 11.0. The van der Waals surface area contributed by atoms with E-state index in [4.69, 9.17) is 26.0 Å². The number of furan rings is 1. The predicted molar refractivity (Wildman–Crippen MR) is 86.0 cm³/mol. The van der Waals surface area contributed by atoms with Crippen molar-refractivity contribution in [3.05, 3.63) is 56.8 Å². The van der Waals surface area contributed by atoms with Crippen molar-refractivity contribution in [2.24, 2.45) is 0 Å². The topological polar surface area (TPSA) is 106 Å². The molecule has 122 valence electrons. The first-order valence-corrected chi connectivity index (χ1v) is 7.17. The SMILES string of the molecule is CCOC(=O)C(C#N)=Cc1ccc(-c2ccc(Cl)c([N+](=O)[O-])c2)o1. The second-order valence-electron chi connectivity index (χ2n) is 4.52. The van der Waals surface area contributed by atoms with Crippen molar-refractivity contribution in [1.29, 1.82) is 5.26 Å². The largest absolute Gasteiger partial charge is 0.462 e. The van der Waals surface area contributed by atoms with Gasteiger partial charge in [0.15, 0.2) is 0 Å². The number of carbonyl (C=O) groups excluding carboxylic acids is 1. The molecule has 2 rings (SSSR count). The molecule has 0 unspecified atom stereocenters. The number of hydrogen-bond donors (Lipinski definition) is 0. The molecule has 1 aromatic heterocycles. The second kappa shape index (κ2) is 7.44. The van der Waals surface area contributed by atoms with E-state index in [0.29, 0.717) is 11.3 Å². The average molecular weight is 347 g/mol. The van der Waals surface area contributed by atoms with Crippen molar-refractivity contribution in [2.75, 3.05) is 6.61 Å². The van der Waals surface area contributed by atoms with Crippen LogP contribution in [0.4, 0.5) is 5.69 Å². The molecule has 0 spiro atoms. The van der Waals surface area contributed by atoms with Gasteiger partial charge in [-0.2, -0.15) is 5.26 Å². The Labute approximate surface area is 141 Å². The van der Waals surface area contributed by atoms with E-state index in [9.17, 15) is 14.9 Å². The monoisotopic (exact) mass is 346 g/mol. The summed E-state index contributed by atoms with van der Waals surface area (Å²) in [5, 5.41) is 19.9. The maximum absolute atomic E-state index is 11.6. The van der Waals surface area contributed by atoms with Crippen molar-refractivity contribution in [3.8, 4) is 17.4 Å². The molecule has 7 nitrogen and oxygen atoms in total. The highest BCUT2D eigenvalue weighted by Crippen LogP contribution is 2.31. The number of benzene rings is 1. The Morgan fingerprint density at radius 2 is 2.21 bits per heavy atom. The quantitative estimate of drug-likeness (QED) is 0.266. The van der Waals surface area contributed by atoms with E-state index in [1.165, 1.54) is 24.3 Å². The number of carbonyl (C=O) groups is 1. The summed E-state index contributed by atoms with van der Waals surface area (Å²) >= 11 is 5.77. The zero-order valence-corrected chi connectivity index (χ0v) is 13.2. The standard InChI is InChI=1S/C16H11ClN2O5/c1-2-23-16(20)11(9-18)7-12-4-6-15(24-12)10-3-5-13(17)14(8-10)19(21)22/h3-8H,2H2,1H3. The van der Waals surface area contributed by atoms with Crippen molar-refractivity contribution < 1.29 is 18.9 Å². The molecule has 0 radical (unpaired) electrons. The number of rotatable bonds is 5. The molecule has 0 aliphatic carbocycles. The van der Waals surface area contributed by atoms with Gasteiger partial charge in [-0.25, -0.2) is 4.79 Å². The van der Waals surface area contributed by atoms with Crippen molar-refractivity contribution in [2.45, 2.75) is 6.92 Å². The van der Waals surface area contributed by atoms with Crippen LogP contribution in [-0.4, -0.2) is 17.5 Å². The van der Waals surface area contributed by atoms with E-state index in [2.05, 4.69) is 0 Å². The number of hydrogen-bond acceptors (Lipinski definition) is 6. The Balaban J connectivity index is 2.34. The number of nitrogens with zero attached hydrogens (tertiary/aromatic N) is 2. The summed E-state index contributed by atoms with van der Waals surface area (Å²) in [5.41, 5.74) is -0.00729. The maximum atomic E-state index is 11.6. The second-order valence-corrected chi connectivity index (χ2v) is 4.92. The van der Waals surface area contributed by atoms with Crippen LogP contribution in [0.2, 0.25) is 5.02 Å². The van der Waals surface area contributed by atoms with E-state index >= 15 is 0 Å². The number of nitriles is 1. The summed E-state index contributed by atoms with van der Waals surface area (Å²) in [6.07, 6.45) is 1.24. The lowest BCUT2D eigenvalue weighted by molar-refractivity contribution is -0.384. The third kappa shape index (κ3) is 3.80. The molecule has 0 aliphatic rings. The summed E-state index contributed by atoms with van der Waals surface area (Å²) in [4.78, 5) is 21.9. The third-order valence-corrected chi connectivity index (χ3v) is 3.28. The summed E-state index contributed by atoms with van der Waals surface area (Å²) in [5.74, 6) is -0.172. The van der Waals surface area contributed by atoms with E-state index in [0.717, 1.165) is 0 Å². The highest BCUT2D eigenvalue weighted by Gasteiger charge is 2.16. The van der Waals surface area contributed by atoms with Crippen molar-refractivity contribution in [3.63, 3.8) is 0 Å². The highest BCUT2D eigenvalue weighted by molar-refractivity contribution is 6.32. The van der Waals surface area contributed by atoms with Gasteiger partial charge in [0.1, 0.15) is 28.2 Å². The van der Waals surface area contributed by atoms with Gasteiger partial charge in [-0.3, -0.25) is 10.1 Å². The van der Waals surface area contributed by atoms with Crippen LogP contribution in [0.3, 0.4) is 0 Å². The van der Waals surface area contributed by atoms with Crippen LogP contribution in [0.5, 0.6) is 0 Å². The van der Waals surface area contributed by atoms with Gasteiger partial charge in [0, 0.05) is 17.7 Å². The first kappa shape index (κ1) is 17.2. The molecule has 24 heavy (non-hydrogen) atoms. The van der Waals surface area contributed by atoms with Gasteiger partial charge in [-0.15, -0.1) is 0 Å². The third-order valence-electron chi connectivity index (χ3n) is 2.96. The van der Waals surface area contributed by atoms with Gasteiger partial charge in [0.05, 0.1) is 11.5 Å². The number of nitro benzene ring substituents is 1. The molecule has 0 N–H and O–H groups in total. The van der Waals surface area contributed by atoms with Gasteiger partial charge >= 0.3 is 5.97 Å². The summed E-state index contributed by atoms with van der Waals surface area (Å²) in [6, 6.07) is 9.08. The molecule has 0 saturated heterocycles. The summed E-state index contributed by atoms with van der Waals surface area (Å²) in [6.45, 7) is 1.78. The Bertz CT molecular complexity index is 864. The fourth-order valence-electron chi connectivity index (χ4n) is 1.88. The van der Waals surface area contributed by atoms with Crippen LogP contribution in [-0.2, 0) is 9.53 Å². The average Bonchev–Trinajstić information content (AvgIpc) is 3.01. The van der Waals surface area contributed by atoms with Gasteiger partial charge in [-0.1, -0.05) is 11.6 Å². The fourth-order valence-corrected chi connectivity index (χ4v) is 2.07. The lowest BCUT2D eigenvalue weighted by Gasteiger charge is -2.00. The predicted octanol–water partition coefficient (Wildman–Crippen LogP) is 3.98. The molecule has 0 amide bonds. The molecule has 8 heteroatoms. The minimum Gasteiger partial charge on any atom is -0.462 e. The lowest BCUT2D eigenvalue weighted by Crippen LogP contribution is -2.05. The van der Waals surface area contributed by atoms with Crippen LogP contribution < -0.4 is 0 Å². The Hall–Kier alpha value is -3.11. The molecule has 0 saturated carbocycles. The molecular formula is C16H11ClN2O5. The van der Waals surface area contributed by atoms with Gasteiger partial charge < -0.3 is 9.15 Å². The minimum absolute atomic E-state index is 0.0181. The molecule has 1 heterocycles. The smallest absolute Gasteiger partial charge is 0.349 e. The molecule has 2 aromatic rings. The Kier molecular flexibility index (Phi) is 5.35. The summed E-state index contributed by atoms with van der Waals surface area (Å²) < 4.78 is 10.3. The lowest BCUT2D eigenvalue weighted by atomic mass is 10.1. The first-order chi connectivity index (χ1) is 11.5. The number of esters is 1. The molecular weight excluding hydrogens is 336 g/mol. The molecule has 1 aromatic carbocycles. The number of ether oxygens (including phenoxy) is 1. The molecule has 0 aliphatic heterocycles. The van der Waals surface area contributed by atoms with Crippen LogP contribution in [0, 0.1) is 21.4 Å². The van der Waals surface area contributed by atoms with Crippen LogP contribution in [0.15, 0.2) is 40.3 Å². The van der Waals surface area contributed by atoms with Crippen molar-refractivity contribution >= 4 is 29.3 Å². The Morgan fingerprint density at radius 3 is 2.83 bits per heavy atom. The van der Waals surface area contributed by atoms with Crippen LogP contribution in [0.25, 0.3) is 17.4 Å². The maximum Gasteiger partial charge on any atom is 0.349 e. The number of nitro groups is 1. The Morgan fingerprint density at radius 1 is 1.46 bits per heavy atom. The highest BCUT2D eigenvalue weighted by atomic mass is 35.5. The zero-order valence-electron chi connectivity index (χ0n) is 12.5.